The van der Waals surface area contributed by atoms with Gasteiger partial charge in [0.15, 0.2) is 0 Å². The average molecular weight is 306 g/mol. The lowest BCUT2D eigenvalue weighted by Crippen LogP contribution is -2.29. The van der Waals surface area contributed by atoms with Crippen LogP contribution < -0.4 is 4.90 Å². The van der Waals surface area contributed by atoms with E-state index in [9.17, 15) is 9.90 Å². The third-order valence-electron chi connectivity index (χ3n) is 3.88. The van der Waals surface area contributed by atoms with Gasteiger partial charge in [-0.25, -0.2) is 0 Å². The Kier molecular flexibility index (Phi) is 5.41. The second kappa shape index (κ2) is 7.29. The number of benzene rings is 1. The van der Waals surface area contributed by atoms with Crippen molar-refractivity contribution in [2.24, 2.45) is 0 Å². The van der Waals surface area contributed by atoms with Crippen molar-refractivity contribution in [1.82, 2.24) is 4.98 Å². The summed E-state index contributed by atoms with van der Waals surface area (Å²) in [6.45, 7) is 2.67. The van der Waals surface area contributed by atoms with E-state index in [4.69, 9.17) is 10.2 Å². The lowest BCUT2D eigenvalue weighted by Gasteiger charge is -2.23. The van der Waals surface area contributed by atoms with Crippen molar-refractivity contribution in [3.05, 3.63) is 30.0 Å². The van der Waals surface area contributed by atoms with Gasteiger partial charge in [0.05, 0.1) is 19.1 Å². The molecule has 0 aliphatic carbocycles. The van der Waals surface area contributed by atoms with E-state index in [0.717, 1.165) is 22.2 Å². The first-order valence-electron chi connectivity index (χ1n) is 7.42. The van der Waals surface area contributed by atoms with Crippen LogP contribution in [0.3, 0.4) is 0 Å². The highest BCUT2D eigenvalue weighted by atomic mass is 16.4. The molecular weight excluding hydrogens is 284 g/mol. The SMILES string of the molecule is CCC(C(=O)O)c1c[nH]c2ccc(N(CCO)CCO)cc12. The third kappa shape index (κ3) is 3.23. The van der Waals surface area contributed by atoms with Crippen LogP contribution in [0, 0.1) is 0 Å². The Labute approximate surface area is 129 Å². The van der Waals surface area contributed by atoms with Crippen LogP contribution in [0.25, 0.3) is 10.9 Å². The first-order chi connectivity index (χ1) is 10.6. The first-order valence-corrected chi connectivity index (χ1v) is 7.42. The summed E-state index contributed by atoms with van der Waals surface area (Å²) < 4.78 is 0. The Bertz CT molecular complexity index is 632. The number of hydrogen-bond donors (Lipinski definition) is 4. The number of nitrogens with one attached hydrogen (secondary N) is 1. The van der Waals surface area contributed by atoms with Crippen molar-refractivity contribution in [2.75, 3.05) is 31.2 Å². The number of nitrogens with zero attached hydrogens (tertiary/aromatic N) is 1. The highest BCUT2D eigenvalue weighted by molar-refractivity contribution is 5.91. The maximum atomic E-state index is 11.4. The van der Waals surface area contributed by atoms with E-state index in [1.54, 1.807) is 6.20 Å². The number of fused-ring (bicyclic) bond motifs is 1. The summed E-state index contributed by atoms with van der Waals surface area (Å²) in [5.41, 5.74) is 2.50. The van der Waals surface area contributed by atoms with Crippen LogP contribution >= 0.6 is 0 Å². The molecule has 0 radical (unpaired) electrons. The van der Waals surface area contributed by atoms with Gasteiger partial charge in [0.1, 0.15) is 0 Å². The molecule has 2 aromatic rings. The molecule has 6 nitrogen and oxygen atoms in total. The van der Waals surface area contributed by atoms with Crippen molar-refractivity contribution in [3.63, 3.8) is 0 Å². The van der Waals surface area contributed by atoms with Crippen molar-refractivity contribution < 1.29 is 20.1 Å². The summed E-state index contributed by atoms with van der Waals surface area (Å²) in [7, 11) is 0. The van der Waals surface area contributed by atoms with Gasteiger partial charge in [-0.05, 0) is 30.2 Å². The molecule has 1 unspecified atom stereocenters. The zero-order valence-electron chi connectivity index (χ0n) is 12.6. The van der Waals surface area contributed by atoms with E-state index in [-0.39, 0.29) is 13.2 Å². The molecule has 0 amide bonds. The highest BCUT2D eigenvalue weighted by Crippen LogP contribution is 2.31. The monoisotopic (exact) mass is 306 g/mol. The van der Waals surface area contributed by atoms with E-state index >= 15 is 0 Å². The molecule has 0 saturated heterocycles. The Balaban J connectivity index is 2.45. The number of carboxylic acids is 1. The number of anilines is 1. The minimum Gasteiger partial charge on any atom is -0.481 e. The van der Waals surface area contributed by atoms with Crippen LogP contribution in [0.5, 0.6) is 0 Å². The molecule has 6 heteroatoms. The molecule has 0 aliphatic rings. The zero-order chi connectivity index (χ0) is 16.1. The topological polar surface area (TPSA) is 96.8 Å². The number of aromatic nitrogens is 1. The van der Waals surface area contributed by atoms with Gasteiger partial charge >= 0.3 is 5.97 Å². The second-order valence-corrected chi connectivity index (χ2v) is 5.21. The number of carbonyl (C=O) groups is 1. The van der Waals surface area contributed by atoms with Gasteiger partial charge in [0, 0.05) is 35.9 Å². The standard InChI is InChI=1S/C16H22N2O4/c1-2-12(16(21)22)14-10-17-15-4-3-11(9-13(14)15)18(5-7-19)6-8-20/h3-4,9-10,12,17,19-20H,2,5-8H2,1H3,(H,21,22). The maximum absolute atomic E-state index is 11.4. The summed E-state index contributed by atoms with van der Waals surface area (Å²) in [6, 6.07) is 5.71. The highest BCUT2D eigenvalue weighted by Gasteiger charge is 2.21. The van der Waals surface area contributed by atoms with E-state index in [1.807, 2.05) is 30.0 Å². The van der Waals surface area contributed by atoms with Gasteiger partial charge in [0.25, 0.3) is 0 Å². The van der Waals surface area contributed by atoms with Gasteiger partial charge < -0.3 is 25.2 Å². The summed E-state index contributed by atoms with van der Waals surface area (Å²) >= 11 is 0. The van der Waals surface area contributed by atoms with E-state index in [0.29, 0.717) is 19.5 Å². The smallest absolute Gasteiger partial charge is 0.311 e. The molecule has 120 valence electrons. The Morgan fingerprint density at radius 1 is 1.27 bits per heavy atom. The molecule has 22 heavy (non-hydrogen) atoms. The number of carboxylic acid groups (broad SMARTS) is 1. The van der Waals surface area contributed by atoms with Crippen LogP contribution in [-0.2, 0) is 4.79 Å². The number of rotatable bonds is 8. The maximum Gasteiger partial charge on any atom is 0.311 e. The van der Waals surface area contributed by atoms with Gasteiger partial charge in [-0.2, -0.15) is 0 Å². The van der Waals surface area contributed by atoms with Crippen molar-refractivity contribution in [3.8, 4) is 0 Å². The molecule has 0 fully saturated rings. The summed E-state index contributed by atoms with van der Waals surface area (Å²) in [5.74, 6) is -1.38. The van der Waals surface area contributed by atoms with Gasteiger partial charge in [0.2, 0.25) is 0 Å². The minimum absolute atomic E-state index is 0.00918. The number of aliphatic carboxylic acids is 1. The lowest BCUT2D eigenvalue weighted by molar-refractivity contribution is -0.138. The van der Waals surface area contributed by atoms with Gasteiger partial charge in [-0.1, -0.05) is 6.92 Å². The fraction of sp³-hybridized carbons (Fsp3) is 0.438. The van der Waals surface area contributed by atoms with Crippen molar-refractivity contribution >= 4 is 22.6 Å². The fourth-order valence-corrected chi connectivity index (χ4v) is 2.75. The van der Waals surface area contributed by atoms with Crippen LogP contribution in [0.4, 0.5) is 5.69 Å². The number of H-pyrrole nitrogens is 1. The minimum atomic E-state index is -0.837. The lowest BCUT2D eigenvalue weighted by atomic mass is 9.96. The summed E-state index contributed by atoms with van der Waals surface area (Å²) in [6.07, 6.45) is 2.27. The Morgan fingerprint density at radius 2 is 1.95 bits per heavy atom. The fourth-order valence-electron chi connectivity index (χ4n) is 2.75. The molecule has 0 saturated carbocycles. The number of aliphatic hydroxyl groups excluding tert-OH is 2. The van der Waals surface area contributed by atoms with Crippen LogP contribution in [-0.4, -0.2) is 52.6 Å². The van der Waals surface area contributed by atoms with Crippen LogP contribution in [0.2, 0.25) is 0 Å². The summed E-state index contributed by atoms with van der Waals surface area (Å²) in [5, 5.41) is 28.5. The van der Waals surface area contributed by atoms with E-state index in [2.05, 4.69) is 4.98 Å². The number of aliphatic hydroxyl groups is 2. The molecule has 1 heterocycles. The van der Waals surface area contributed by atoms with Gasteiger partial charge in [-0.15, -0.1) is 0 Å². The molecule has 4 N–H and O–H groups in total. The van der Waals surface area contributed by atoms with Crippen LogP contribution in [0.15, 0.2) is 24.4 Å². The number of aromatic amines is 1. The van der Waals surface area contributed by atoms with E-state index < -0.39 is 11.9 Å². The second-order valence-electron chi connectivity index (χ2n) is 5.21. The third-order valence-corrected chi connectivity index (χ3v) is 3.88. The number of hydrogen-bond acceptors (Lipinski definition) is 4. The molecule has 0 aliphatic heterocycles. The first kappa shape index (κ1) is 16.3. The molecule has 1 aromatic heterocycles. The van der Waals surface area contributed by atoms with E-state index in [1.165, 1.54) is 0 Å². The molecule has 1 atom stereocenters. The predicted molar refractivity (Wildman–Crippen MR) is 85.4 cm³/mol. The van der Waals surface area contributed by atoms with Crippen molar-refractivity contribution in [1.29, 1.82) is 0 Å². The zero-order valence-corrected chi connectivity index (χ0v) is 12.6. The molecule has 1 aromatic carbocycles. The Morgan fingerprint density at radius 3 is 2.50 bits per heavy atom. The van der Waals surface area contributed by atoms with Crippen molar-refractivity contribution in [2.45, 2.75) is 19.3 Å². The molecule has 0 spiro atoms. The Hall–Kier alpha value is -2.05. The molecule has 0 bridgehead atoms. The quantitative estimate of drug-likeness (QED) is 0.593. The van der Waals surface area contributed by atoms with Gasteiger partial charge in [-0.3, -0.25) is 4.79 Å². The molecular formula is C16H22N2O4. The van der Waals surface area contributed by atoms with Crippen LogP contribution in [0.1, 0.15) is 24.8 Å². The average Bonchev–Trinajstić information content (AvgIpc) is 2.90. The normalized spacial score (nSPS) is 12.5. The summed E-state index contributed by atoms with van der Waals surface area (Å²) in [4.78, 5) is 16.4. The largest absolute Gasteiger partial charge is 0.481 e. The molecule has 2 rings (SSSR count). The predicted octanol–water partition coefficient (Wildman–Crippen LogP) is 1.54.